The number of benzene rings is 1. The minimum absolute atomic E-state index is 0.0404. The summed E-state index contributed by atoms with van der Waals surface area (Å²) in [4.78, 5) is 11.9. The van der Waals surface area contributed by atoms with Crippen molar-refractivity contribution in [2.75, 3.05) is 0 Å². The molecule has 3 nitrogen and oxygen atoms in total. The molecule has 0 aromatic heterocycles. The maximum Gasteiger partial charge on any atom is 0.160 e. The van der Waals surface area contributed by atoms with Gasteiger partial charge in [-0.1, -0.05) is 76.8 Å². The molecule has 0 amide bonds. The number of Topliss-reactive ketones (excluding diaryl/α,β-unsaturated/α-hetero) is 1. The number of carbonyl (C=O) groups is 1. The van der Waals surface area contributed by atoms with Crippen molar-refractivity contribution in [1.82, 2.24) is 0 Å². The first-order valence-corrected chi connectivity index (χ1v) is 10.4. The highest BCUT2D eigenvalue weighted by atomic mass is 16.7. The summed E-state index contributed by atoms with van der Waals surface area (Å²) in [5.74, 6) is 0.635. The summed E-state index contributed by atoms with van der Waals surface area (Å²) in [7, 11) is 0. The van der Waals surface area contributed by atoms with Gasteiger partial charge in [-0.3, -0.25) is 0 Å². The van der Waals surface area contributed by atoms with Gasteiger partial charge in [-0.15, -0.1) is 0 Å². The molecule has 0 radical (unpaired) electrons. The molecule has 26 heavy (non-hydrogen) atoms. The lowest BCUT2D eigenvalue weighted by molar-refractivity contribution is -0.264. The molecule has 1 fully saturated rings. The van der Waals surface area contributed by atoms with E-state index >= 15 is 0 Å². The van der Waals surface area contributed by atoms with Crippen LogP contribution in [0.5, 0.6) is 0 Å². The first-order valence-electron chi connectivity index (χ1n) is 10.4. The van der Waals surface area contributed by atoms with Crippen LogP contribution < -0.4 is 0 Å². The van der Waals surface area contributed by atoms with Crippen molar-refractivity contribution in [3.8, 4) is 0 Å². The van der Waals surface area contributed by atoms with Crippen molar-refractivity contribution in [3.05, 3.63) is 35.9 Å². The molecule has 0 spiro atoms. The Bertz CT molecular complexity index is 526. The summed E-state index contributed by atoms with van der Waals surface area (Å²) < 4.78 is 12.6. The Morgan fingerprint density at radius 2 is 1.85 bits per heavy atom. The number of hydrogen-bond acceptors (Lipinski definition) is 3. The van der Waals surface area contributed by atoms with Crippen LogP contribution in [0, 0.1) is 5.92 Å². The van der Waals surface area contributed by atoms with E-state index in [0.29, 0.717) is 12.3 Å². The Kier molecular flexibility index (Phi) is 8.80. The monoisotopic (exact) mass is 360 g/mol. The fraction of sp³-hybridized carbons (Fsp3) is 0.696. The first-order chi connectivity index (χ1) is 12.5. The van der Waals surface area contributed by atoms with E-state index in [4.69, 9.17) is 9.47 Å². The molecule has 1 aromatic rings. The second kappa shape index (κ2) is 10.8. The normalized spacial score (nSPS) is 24.6. The van der Waals surface area contributed by atoms with Crippen LogP contribution in [0.25, 0.3) is 0 Å². The van der Waals surface area contributed by atoms with Crippen molar-refractivity contribution in [2.45, 2.75) is 97.1 Å². The Labute approximate surface area is 159 Å². The standard InChI is InChI=1S/C23H36O3/c1-5-6-7-11-14-20-16-22(26-23(25-20)17(2)3)21(15-18(4)24)19-12-9-8-10-13-19/h8-10,12-13,17,20-23H,5-7,11,14-16H2,1-4H3/t20-,21-,22+,23-/m0/s1. The lowest BCUT2D eigenvalue weighted by Crippen LogP contribution is -2.43. The average Bonchev–Trinajstić information content (AvgIpc) is 2.63. The van der Waals surface area contributed by atoms with E-state index in [9.17, 15) is 4.79 Å². The fourth-order valence-corrected chi connectivity index (χ4v) is 3.80. The van der Waals surface area contributed by atoms with Gasteiger partial charge in [0, 0.05) is 24.7 Å². The zero-order valence-corrected chi connectivity index (χ0v) is 16.9. The van der Waals surface area contributed by atoms with Gasteiger partial charge in [0.1, 0.15) is 5.78 Å². The minimum atomic E-state index is -0.178. The third-order valence-corrected chi connectivity index (χ3v) is 5.24. The van der Waals surface area contributed by atoms with Crippen molar-refractivity contribution in [3.63, 3.8) is 0 Å². The quantitative estimate of drug-likeness (QED) is 0.489. The second-order valence-electron chi connectivity index (χ2n) is 8.05. The van der Waals surface area contributed by atoms with Gasteiger partial charge in [-0.05, 0) is 18.9 Å². The average molecular weight is 361 g/mol. The summed E-state index contributed by atoms with van der Waals surface area (Å²) in [6, 6.07) is 10.3. The van der Waals surface area contributed by atoms with E-state index in [1.807, 2.05) is 18.2 Å². The van der Waals surface area contributed by atoms with E-state index < -0.39 is 0 Å². The predicted molar refractivity (Wildman–Crippen MR) is 106 cm³/mol. The number of carbonyl (C=O) groups excluding carboxylic acids is 1. The van der Waals surface area contributed by atoms with Crippen molar-refractivity contribution < 1.29 is 14.3 Å². The third-order valence-electron chi connectivity index (χ3n) is 5.24. The van der Waals surface area contributed by atoms with Crippen LogP contribution in [0.15, 0.2) is 30.3 Å². The molecule has 1 aliphatic heterocycles. The van der Waals surface area contributed by atoms with Crippen LogP contribution in [0.4, 0.5) is 0 Å². The van der Waals surface area contributed by atoms with Crippen LogP contribution in [0.1, 0.15) is 84.1 Å². The second-order valence-corrected chi connectivity index (χ2v) is 8.05. The minimum Gasteiger partial charge on any atom is -0.349 e. The van der Waals surface area contributed by atoms with Gasteiger partial charge >= 0.3 is 0 Å². The van der Waals surface area contributed by atoms with Gasteiger partial charge in [0.2, 0.25) is 0 Å². The highest BCUT2D eigenvalue weighted by Crippen LogP contribution is 2.36. The number of hydrogen-bond donors (Lipinski definition) is 0. The molecule has 1 aromatic carbocycles. The van der Waals surface area contributed by atoms with Gasteiger partial charge in [-0.25, -0.2) is 0 Å². The molecule has 0 aliphatic carbocycles. The van der Waals surface area contributed by atoms with E-state index in [1.165, 1.54) is 31.2 Å². The molecule has 1 aliphatic rings. The van der Waals surface area contributed by atoms with E-state index in [2.05, 4.69) is 32.9 Å². The van der Waals surface area contributed by atoms with Crippen LogP contribution in [0.2, 0.25) is 0 Å². The Morgan fingerprint density at radius 1 is 1.12 bits per heavy atom. The summed E-state index contributed by atoms with van der Waals surface area (Å²) in [6.45, 7) is 8.20. The third kappa shape index (κ3) is 6.51. The molecular formula is C23H36O3. The molecule has 0 bridgehead atoms. The van der Waals surface area contributed by atoms with Crippen LogP contribution in [-0.2, 0) is 14.3 Å². The molecule has 4 atom stereocenters. The largest absolute Gasteiger partial charge is 0.349 e. The number of ether oxygens (including phenoxy) is 2. The van der Waals surface area contributed by atoms with Gasteiger partial charge in [0.05, 0.1) is 12.2 Å². The Hall–Kier alpha value is -1.19. The maximum atomic E-state index is 11.9. The van der Waals surface area contributed by atoms with Gasteiger partial charge in [0.15, 0.2) is 6.29 Å². The zero-order chi connectivity index (χ0) is 18.9. The highest BCUT2D eigenvalue weighted by Gasteiger charge is 2.36. The fourth-order valence-electron chi connectivity index (χ4n) is 3.80. The molecule has 1 saturated heterocycles. The summed E-state index contributed by atoms with van der Waals surface area (Å²) in [6.07, 6.45) is 7.60. The molecule has 0 unspecified atom stereocenters. The first kappa shape index (κ1) is 21.1. The Balaban J connectivity index is 2.12. The van der Waals surface area contributed by atoms with E-state index in [-0.39, 0.29) is 30.2 Å². The predicted octanol–water partition coefficient (Wildman–Crippen LogP) is 5.88. The lowest BCUT2D eigenvalue weighted by atomic mass is 9.85. The van der Waals surface area contributed by atoms with Crippen molar-refractivity contribution in [2.24, 2.45) is 5.92 Å². The van der Waals surface area contributed by atoms with E-state index in [0.717, 1.165) is 12.8 Å². The molecule has 2 rings (SSSR count). The molecule has 0 N–H and O–H groups in total. The number of unbranched alkanes of at least 4 members (excludes halogenated alkanes) is 3. The number of rotatable bonds is 10. The summed E-state index contributed by atoms with van der Waals surface area (Å²) >= 11 is 0. The molecule has 3 heteroatoms. The highest BCUT2D eigenvalue weighted by molar-refractivity contribution is 5.76. The van der Waals surface area contributed by atoms with Crippen molar-refractivity contribution in [1.29, 1.82) is 0 Å². The van der Waals surface area contributed by atoms with Crippen LogP contribution >= 0.6 is 0 Å². The van der Waals surface area contributed by atoms with Crippen LogP contribution in [-0.4, -0.2) is 24.3 Å². The smallest absolute Gasteiger partial charge is 0.160 e. The van der Waals surface area contributed by atoms with Crippen LogP contribution in [0.3, 0.4) is 0 Å². The molecule has 0 saturated carbocycles. The SMILES string of the molecule is CCCCCC[C@H]1C[C@H]([C@@H](CC(C)=O)c2ccccc2)O[C@@H](C(C)C)O1. The van der Waals surface area contributed by atoms with Crippen molar-refractivity contribution >= 4 is 5.78 Å². The van der Waals surface area contributed by atoms with E-state index in [1.54, 1.807) is 6.92 Å². The summed E-state index contributed by atoms with van der Waals surface area (Å²) in [5.41, 5.74) is 1.20. The summed E-state index contributed by atoms with van der Waals surface area (Å²) in [5, 5.41) is 0. The molecular weight excluding hydrogens is 324 g/mol. The topological polar surface area (TPSA) is 35.5 Å². The zero-order valence-electron chi connectivity index (χ0n) is 16.9. The van der Waals surface area contributed by atoms with Gasteiger partial charge < -0.3 is 14.3 Å². The lowest BCUT2D eigenvalue weighted by Gasteiger charge is -2.41. The maximum absolute atomic E-state index is 11.9. The molecule has 146 valence electrons. The molecule has 1 heterocycles. The van der Waals surface area contributed by atoms with Gasteiger partial charge in [0.25, 0.3) is 0 Å². The number of ketones is 1. The van der Waals surface area contributed by atoms with Gasteiger partial charge in [-0.2, -0.15) is 0 Å². The Morgan fingerprint density at radius 3 is 2.46 bits per heavy atom.